The van der Waals surface area contributed by atoms with Crippen LogP contribution in [-0.4, -0.2) is 68.5 Å². The van der Waals surface area contributed by atoms with Gasteiger partial charge in [0.2, 0.25) is 5.91 Å². The number of hydrogen-bond donors (Lipinski definition) is 2. The molecule has 0 bridgehead atoms. The molecule has 2 N–H and O–H groups in total. The maximum atomic E-state index is 12.9. The lowest BCUT2D eigenvalue weighted by Gasteiger charge is -2.30. The minimum absolute atomic E-state index is 0.0126. The molecule has 0 aliphatic rings. The Hall–Kier alpha value is -0.760. The number of rotatable bonds is 50. The van der Waals surface area contributed by atoms with Gasteiger partial charge in [0.15, 0.2) is 0 Å². The second kappa shape index (κ2) is 45.4. The summed E-state index contributed by atoms with van der Waals surface area (Å²) in [7, 11) is 1.31. The molecule has 0 fully saturated rings. The van der Waals surface area contributed by atoms with Crippen molar-refractivity contribution < 1.29 is 32.9 Å². The van der Waals surface area contributed by atoms with Gasteiger partial charge in [0.05, 0.1) is 39.9 Å². The van der Waals surface area contributed by atoms with Crippen LogP contribution in [0.4, 0.5) is 0 Å². The van der Waals surface area contributed by atoms with Crippen LogP contribution in [0.25, 0.3) is 0 Å². The van der Waals surface area contributed by atoms with Gasteiger partial charge >= 0.3 is 0 Å². The lowest BCUT2D eigenvalue weighted by atomic mass is 10.0. The fourth-order valence-corrected chi connectivity index (χ4v) is 8.92. The Labute approximate surface area is 386 Å². The van der Waals surface area contributed by atoms with Crippen molar-refractivity contribution in [1.29, 1.82) is 0 Å². The van der Waals surface area contributed by atoms with Crippen LogP contribution in [0.5, 0.6) is 0 Å². The van der Waals surface area contributed by atoms with E-state index in [2.05, 4.69) is 31.3 Å². The molecular weight excluding hydrogens is 792 g/mol. The van der Waals surface area contributed by atoms with Crippen molar-refractivity contribution in [2.24, 2.45) is 0 Å². The smallest absolute Gasteiger partial charge is 0.268 e. The number of allylic oxidation sites excluding steroid dienone is 2. The van der Waals surface area contributed by atoms with Gasteiger partial charge in [-0.1, -0.05) is 244 Å². The van der Waals surface area contributed by atoms with Crippen molar-refractivity contribution in [3.8, 4) is 0 Å². The molecule has 0 radical (unpaired) electrons. The summed E-state index contributed by atoms with van der Waals surface area (Å²) in [6, 6.07) is -0.801. The molecule has 8 nitrogen and oxygen atoms in total. The van der Waals surface area contributed by atoms with E-state index in [-0.39, 0.29) is 19.1 Å². The molecule has 0 aromatic carbocycles. The molecular formula is C53H107N2O6P. The van der Waals surface area contributed by atoms with Crippen LogP contribution in [0.1, 0.15) is 271 Å². The molecule has 0 spiro atoms. The Bertz CT molecular complexity index is 1020. The highest BCUT2D eigenvalue weighted by Gasteiger charge is 2.24. The van der Waals surface area contributed by atoms with E-state index < -0.39 is 20.0 Å². The number of amides is 1. The van der Waals surface area contributed by atoms with E-state index in [4.69, 9.17) is 9.05 Å². The van der Waals surface area contributed by atoms with Gasteiger partial charge in [-0.2, -0.15) is 0 Å². The fraction of sp³-hybridized carbons (Fsp3) is 0.943. The van der Waals surface area contributed by atoms with Gasteiger partial charge in [-0.15, -0.1) is 0 Å². The van der Waals surface area contributed by atoms with Crippen LogP contribution in [-0.2, 0) is 18.4 Å². The number of hydrogen-bond acceptors (Lipinski definition) is 6. The number of carbonyl (C=O) groups excluding carboxylic acids is 1. The van der Waals surface area contributed by atoms with E-state index in [9.17, 15) is 19.4 Å². The number of carbonyl (C=O) groups is 1. The number of phosphoric ester groups is 1. The predicted octanol–water partition coefficient (Wildman–Crippen LogP) is 15.2. The number of unbranched alkanes of at least 4 members (excludes halogenated alkanes) is 35. The molecule has 370 valence electrons. The molecule has 0 saturated heterocycles. The summed E-state index contributed by atoms with van der Waals surface area (Å²) in [6.45, 7) is 4.70. The van der Waals surface area contributed by atoms with Crippen molar-refractivity contribution >= 4 is 13.7 Å². The molecule has 3 atom stereocenters. The van der Waals surface area contributed by atoms with Crippen molar-refractivity contribution in [2.75, 3.05) is 40.9 Å². The lowest BCUT2D eigenvalue weighted by Crippen LogP contribution is -2.46. The number of likely N-dealkylation sites (N-methyl/N-ethyl adjacent to an activating group) is 1. The lowest BCUT2D eigenvalue weighted by molar-refractivity contribution is -0.870. The van der Waals surface area contributed by atoms with Crippen LogP contribution < -0.4 is 10.2 Å². The fourth-order valence-electron chi connectivity index (χ4n) is 8.20. The zero-order valence-corrected chi connectivity index (χ0v) is 43.0. The Balaban J connectivity index is 4.01. The third kappa shape index (κ3) is 47.2. The predicted molar refractivity (Wildman–Crippen MR) is 266 cm³/mol. The normalized spacial score (nSPS) is 14.1. The van der Waals surface area contributed by atoms with Crippen LogP contribution in [0, 0.1) is 0 Å². The number of nitrogens with one attached hydrogen (secondary N) is 1. The Morgan fingerprint density at radius 2 is 0.903 bits per heavy atom. The molecule has 9 heteroatoms. The molecule has 0 saturated carbocycles. The molecule has 0 aromatic rings. The van der Waals surface area contributed by atoms with Crippen molar-refractivity contribution in [2.45, 2.75) is 283 Å². The van der Waals surface area contributed by atoms with E-state index in [0.29, 0.717) is 23.9 Å². The Morgan fingerprint density at radius 3 is 1.31 bits per heavy atom. The van der Waals surface area contributed by atoms with Crippen LogP contribution in [0.15, 0.2) is 12.2 Å². The van der Waals surface area contributed by atoms with E-state index in [1.54, 1.807) is 0 Å². The van der Waals surface area contributed by atoms with Gasteiger partial charge in [-0.25, -0.2) is 0 Å². The zero-order valence-electron chi connectivity index (χ0n) is 42.1. The summed E-state index contributed by atoms with van der Waals surface area (Å²) in [5, 5.41) is 13.9. The summed E-state index contributed by atoms with van der Waals surface area (Å²) in [4.78, 5) is 25.4. The van der Waals surface area contributed by atoms with Crippen molar-refractivity contribution in [3.63, 3.8) is 0 Å². The minimum atomic E-state index is -4.56. The minimum Gasteiger partial charge on any atom is -0.756 e. The molecule has 0 heterocycles. The van der Waals surface area contributed by atoms with Gasteiger partial charge < -0.3 is 28.8 Å². The SMILES string of the molecule is CCCC/C=C\CCCCCCCC(=O)NC(COP(=O)([O-])OCC[N+](C)(C)C)C(O)CCCCCCCCCCCCCCCCCCCCCCCCCCCCCCC. The maximum Gasteiger partial charge on any atom is 0.268 e. The highest BCUT2D eigenvalue weighted by Crippen LogP contribution is 2.38. The monoisotopic (exact) mass is 899 g/mol. The second-order valence-corrected chi connectivity index (χ2v) is 21.4. The van der Waals surface area contributed by atoms with E-state index in [1.165, 1.54) is 193 Å². The number of aliphatic hydroxyl groups excluding tert-OH is 1. The van der Waals surface area contributed by atoms with E-state index in [0.717, 1.165) is 51.4 Å². The molecule has 0 aliphatic carbocycles. The zero-order chi connectivity index (χ0) is 45.7. The first kappa shape index (κ1) is 61.2. The maximum absolute atomic E-state index is 12.9. The van der Waals surface area contributed by atoms with Gasteiger partial charge in [0.1, 0.15) is 13.2 Å². The number of aliphatic hydroxyl groups is 1. The second-order valence-electron chi connectivity index (χ2n) is 19.9. The van der Waals surface area contributed by atoms with E-state index >= 15 is 0 Å². The molecule has 0 rings (SSSR count). The first-order valence-electron chi connectivity index (χ1n) is 27.0. The van der Waals surface area contributed by atoms with Crippen LogP contribution >= 0.6 is 7.82 Å². The Kier molecular flexibility index (Phi) is 44.8. The number of quaternary nitrogens is 1. The molecule has 3 unspecified atom stereocenters. The summed E-state index contributed by atoms with van der Waals surface area (Å²) in [5.74, 6) is -0.172. The average molecular weight is 899 g/mol. The van der Waals surface area contributed by atoms with Gasteiger partial charge in [-0.3, -0.25) is 9.36 Å². The first-order valence-corrected chi connectivity index (χ1v) is 28.5. The molecule has 62 heavy (non-hydrogen) atoms. The standard InChI is InChI=1S/C53H107N2O6P/c1-6-8-10-12-14-16-18-19-20-21-22-23-24-25-26-27-28-29-30-31-32-33-34-35-37-38-40-42-44-46-52(56)51(50-61-62(58,59)60-49-48-55(3,4)5)54-53(57)47-45-43-41-39-36-17-15-13-11-9-7-2/h13,15,51-52,56H,6-12,14,16-50H2,1-5H3,(H-,54,57,58,59)/b15-13-. The summed E-state index contributed by atoms with van der Waals surface area (Å²) in [5.41, 5.74) is 0. The Morgan fingerprint density at radius 1 is 0.548 bits per heavy atom. The summed E-state index contributed by atoms with van der Waals surface area (Å²) in [6.07, 6.45) is 54.0. The van der Waals surface area contributed by atoms with Crippen LogP contribution in [0.3, 0.4) is 0 Å². The van der Waals surface area contributed by atoms with Gasteiger partial charge in [0.25, 0.3) is 7.82 Å². The first-order chi connectivity index (χ1) is 30.0. The summed E-state index contributed by atoms with van der Waals surface area (Å²) < 4.78 is 23.3. The van der Waals surface area contributed by atoms with Gasteiger partial charge in [0, 0.05) is 6.42 Å². The molecule has 0 aliphatic heterocycles. The number of phosphoric acid groups is 1. The highest BCUT2D eigenvalue weighted by molar-refractivity contribution is 7.45. The van der Waals surface area contributed by atoms with Gasteiger partial charge in [-0.05, 0) is 32.1 Å². The quantitative estimate of drug-likeness (QED) is 0.0272. The van der Waals surface area contributed by atoms with E-state index in [1.807, 2.05) is 21.1 Å². The topological polar surface area (TPSA) is 108 Å². The third-order valence-corrected chi connectivity index (χ3v) is 13.5. The van der Waals surface area contributed by atoms with Crippen molar-refractivity contribution in [1.82, 2.24) is 5.32 Å². The third-order valence-electron chi connectivity index (χ3n) is 12.5. The largest absolute Gasteiger partial charge is 0.756 e. The average Bonchev–Trinajstić information content (AvgIpc) is 3.23. The van der Waals surface area contributed by atoms with Crippen molar-refractivity contribution in [3.05, 3.63) is 12.2 Å². The molecule has 0 aromatic heterocycles. The highest BCUT2D eigenvalue weighted by atomic mass is 31.2. The number of nitrogens with zero attached hydrogens (tertiary/aromatic N) is 1. The molecule has 1 amide bonds. The summed E-state index contributed by atoms with van der Waals surface area (Å²) >= 11 is 0. The van der Waals surface area contributed by atoms with Crippen LogP contribution in [0.2, 0.25) is 0 Å².